The average molecular weight is 217 g/mol. The second-order valence-electron chi connectivity index (χ2n) is 4.74. The molecule has 0 atom stereocenters. The summed E-state index contributed by atoms with van der Waals surface area (Å²) in [7, 11) is 0. The topological polar surface area (TPSA) is 30.0 Å². The molecular weight excluding hydrogens is 198 g/mol. The summed E-state index contributed by atoms with van der Waals surface area (Å²) in [5.74, 6) is 0.543. The molecular formula is C14H19NO. The van der Waals surface area contributed by atoms with E-state index in [0.29, 0.717) is 5.78 Å². The molecule has 2 heteroatoms. The minimum absolute atomic E-state index is 0.243. The fraction of sp³-hybridized carbons (Fsp3) is 0.571. The van der Waals surface area contributed by atoms with Crippen molar-refractivity contribution in [1.82, 2.24) is 4.98 Å². The van der Waals surface area contributed by atoms with E-state index in [4.69, 9.17) is 0 Å². The summed E-state index contributed by atoms with van der Waals surface area (Å²) < 4.78 is 0. The van der Waals surface area contributed by atoms with Gasteiger partial charge in [-0.15, -0.1) is 0 Å². The number of aromatic nitrogens is 1. The predicted molar refractivity (Wildman–Crippen MR) is 64.5 cm³/mol. The number of ketones is 1. The number of nitrogens with zero attached hydrogens (tertiary/aromatic N) is 1. The van der Waals surface area contributed by atoms with Crippen LogP contribution in [0.15, 0.2) is 18.3 Å². The molecule has 1 saturated carbocycles. The van der Waals surface area contributed by atoms with Gasteiger partial charge in [-0.3, -0.25) is 9.78 Å². The van der Waals surface area contributed by atoms with E-state index in [1.54, 1.807) is 6.20 Å². The van der Waals surface area contributed by atoms with Crippen LogP contribution in [0.3, 0.4) is 0 Å². The maximum atomic E-state index is 12.2. The van der Waals surface area contributed by atoms with Gasteiger partial charge in [0.1, 0.15) is 0 Å². The SMILES string of the molecule is Cc1ccc(C(=O)C2CCCCCC2)cn1. The van der Waals surface area contributed by atoms with Crippen LogP contribution in [0, 0.1) is 12.8 Å². The van der Waals surface area contributed by atoms with Gasteiger partial charge in [0.25, 0.3) is 0 Å². The Morgan fingerprint density at radius 1 is 1.19 bits per heavy atom. The van der Waals surface area contributed by atoms with E-state index < -0.39 is 0 Å². The molecule has 86 valence electrons. The van der Waals surface area contributed by atoms with E-state index in [9.17, 15) is 4.79 Å². The summed E-state index contributed by atoms with van der Waals surface area (Å²) in [6, 6.07) is 3.83. The van der Waals surface area contributed by atoms with Gasteiger partial charge in [0, 0.05) is 23.4 Å². The summed E-state index contributed by atoms with van der Waals surface area (Å²) >= 11 is 0. The third-order valence-electron chi connectivity index (χ3n) is 3.42. The second-order valence-corrected chi connectivity index (χ2v) is 4.74. The molecule has 0 N–H and O–H groups in total. The van der Waals surface area contributed by atoms with Crippen LogP contribution in [0.25, 0.3) is 0 Å². The number of hydrogen-bond donors (Lipinski definition) is 0. The normalized spacial score (nSPS) is 18.1. The van der Waals surface area contributed by atoms with Gasteiger partial charge in [0.2, 0.25) is 0 Å². The molecule has 0 aromatic carbocycles. The number of rotatable bonds is 2. The molecule has 1 aliphatic carbocycles. The van der Waals surface area contributed by atoms with Gasteiger partial charge in [0.15, 0.2) is 5.78 Å². The first-order valence-corrected chi connectivity index (χ1v) is 6.24. The zero-order valence-electron chi connectivity index (χ0n) is 9.91. The van der Waals surface area contributed by atoms with Crippen LogP contribution < -0.4 is 0 Å². The first-order chi connectivity index (χ1) is 7.77. The molecule has 0 saturated heterocycles. The fourth-order valence-corrected chi connectivity index (χ4v) is 2.39. The van der Waals surface area contributed by atoms with E-state index in [1.807, 2.05) is 19.1 Å². The van der Waals surface area contributed by atoms with Crippen molar-refractivity contribution in [2.45, 2.75) is 45.4 Å². The highest BCUT2D eigenvalue weighted by molar-refractivity contribution is 5.97. The van der Waals surface area contributed by atoms with Crippen LogP contribution in [0.2, 0.25) is 0 Å². The molecule has 2 rings (SSSR count). The molecule has 0 bridgehead atoms. The van der Waals surface area contributed by atoms with E-state index in [0.717, 1.165) is 24.1 Å². The van der Waals surface area contributed by atoms with E-state index in [2.05, 4.69) is 4.98 Å². The Balaban J connectivity index is 2.08. The minimum atomic E-state index is 0.243. The van der Waals surface area contributed by atoms with E-state index in [1.165, 1.54) is 25.7 Å². The number of aryl methyl sites for hydroxylation is 1. The Kier molecular flexibility index (Phi) is 3.70. The molecule has 0 unspecified atom stereocenters. The Labute approximate surface area is 97.1 Å². The van der Waals surface area contributed by atoms with Crippen LogP contribution in [-0.2, 0) is 0 Å². The van der Waals surface area contributed by atoms with Crippen LogP contribution in [0.1, 0.15) is 54.6 Å². The lowest BCUT2D eigenvalue weighted by Crippen LogP contribution is -2.14. The maximum absolute atomic E-state index is 12.2. The van der Waals surface area contributed by atoms with Gasteiger partial charge in [-0.05, 0) is 31.9 Å². The number of Topliss-reactive ketones (excluding diaryl/α,β-unsaturated/α-hetero) is 1. The number of carbonyl (C=O) groups excluding carboxylic acids is 1. The third-order valence-corrected chi connectivity index (χ3v) is 3.42. The molecule has 16 heavy (non-hydrogen) atoms. The zero-order chi connectivity index (χ0) is 11.4. The zero-order valence-corrected chi connectivity index (χ0v) is 9.91. The lowest BCUT2D eigenvalue weighted by molar-refractivity contribution is 0.0907. The molecule has 1 heterocycles. The molecule has 1 aromatic rings. The first kappa shape index (κ1) is 11.3. The average Bonchev–Trinajstić information content (AvgIpc) is 2.57. The van der Waals surface area contributed by atoms with E-state index in [-0.39, 0.29) is 5.92 Å². The Morgan fingerprint density at radius 2 is 1.88 bits per heavy atom. The van der Waals surface area contributed by atoms with Gasteiger partial charge in [-0.1, -0.05) is 25.7 Å². The lowest BCUT2D eigenvalue weighted by Gasteiger charge is -2.12. The van der Waals surface area contributed by atoms with Crippen molar-refractivity contribution in [3.8, 4) is 0 Å². The van der Waals surface area contributed by atoms with E-state index >= 15 is 0 Å². The molecule has 0 spiro atoms. The Morgan fingerprint density at radius 3 is 2.44 bits per heavy atom. The summed E-state index contributed by atoms with van der Waals surface area (Å²) in [5, 5.41) is 0. The summed E-state index contributed by atoms with van der Waals surface area (Å²) in [4.78, 5) is 16.4. The maximum Gasteiger partial charge on any atom is 0.167 e. The molecule has 0 amide bonds. The Hall–Kier alpha value is -1.18. The second kappa shape index (κ2) is 5.24. The predicted octanol–water partition coefficient (Wildman–Crippen LogP) is 3.54. The molecule has 1 fully saturated rings. The molecule has 2 nitrogen and oxygen atoms in total. The first-order valence-electron chi connectivity index (χ1n) is 6.24. The highest BCUT2D eigenvalue weighted by Crippen LogP contribution is 2.25. The monoisotopic (exact) mass is 217 g/mol. The van der Waals surface area contributed by atoms with Crippen molar-refractivity contribution in [3.05, 3.63) is 29.6 Å². The highest BCUT2D eigenvalue weighted by Gasteiger charge is 2.21. The van der Waals surface area contributed by atoms with Gasteiger partial charge in [-0.2, -0.15) is 0 Å². The van der Waals surface area contributed by atoms with Crippen molar-refractivity contribution in [1.29, 1.82) is 0 Å². The molecule has 1 aromatic heterocycles. The summed E-state index contributed by atoms with van der Waals surface area (Å²) in [6.45, 7) is 1.94. The molecule has 0 aliphatic heterocycles. The highest BCUT2D eigenvalue weighted by atomic mass is 16.1. The molecule has 0 radical (unpaired) electrons. The van der Waals surface area contributed by atoms with Crippen molar-refractivity contribution >= 4 is 5.78 Å². The lowest BCUT2D eigenvalue weighted by atomic mass is 9.92. The smallest absolute Gasteiger partial charge is 0.167 e. The summed E-state index contributed by atoms with van der Waals surface area (Å²) in [6.07, 6.45) is 8.83. The van der Waals surface area contributed by atoms with Gasteiger partial charge >= 0.3 is 0 Å². The number of pyridine rings is 1. The van der Waals surface area contributed by atoms with Crippen molar-refractivity contribution in [2.24, 2.45) is 5.92 Å². The summed E-state index contributed by atoms with van der Waals surface area (Å²) in [5.41, 5.74) is 1.76. The van der Waals surface area contributed by atoms with Gasteiger partial charge in [0.05, 0.1) is 0 Å². The van der Waals surface area contributed by atoms with Crippen molar-refractivity contribution in [2.75, 3.05) is 0 Å². The number of hydrogen-bond acceptors (Lipinski definition) is 2. The third kappa shape index (κ3) is 2.69. The van der Waals surface area contributed by atoms with Crippen LogP contribution in [0.5, 0.6) is 0 Å². The van der Waals surface area contributed by atoms with Crippen molar-refractivity contribution in [3.63, 3.8) is 0 Å². The standard InChI is InChI=1S/C14H19NO/c1-11-8-9-13(10-15-11)14(16)12-6-4-2-3-5-7-12/h8-10,12H,2-7H2,1H3. The van der Waals surface area contributed by atoms with Crippen LogP contribution in [-0.4, -0.2) is 10.8 Å². The number of carbonyl (C=O) groups is 1. The van der Waals surface area contributed by atoms with Crippen molar-refractivity contribution < 1.29 is 4.79 Å². The quantitative estimate of drug-likeness (QED) is 0.560. The fourth-order valence-electron chi connectivity index (χ4n) is 2.39. The largest absolute Gasteiger partial charge is 0.294 e. The van der Waals surface area contributed by atoms with Gasteiger partial charge in [-0.25, -0.2) is 0 Å². The van der Waals surface area contributed by atoms with Crippen LogP contribution >= 0.6 is 0 Å². The molecule has 1 aliphatic rings. The Bertz CT molecular complexity index is 348. The minimum Gasteiger partial charge on any atom is -0.294 e. The van der Waals surface area contributed by atoms with Crippen LogP contribution in [0.4, 0.5) is 0 Å². The van der Waals surface area contributed by atoms with Gasteiger partial charge < -0.3 is 0 Å².